The quantitative estimate of drug-likeness (QED) is 0.892. The van der Waals surface area contributed by atoms with Crippen LogP contribution in [0.5, 0.6) is 0 Å². The third kappa shape index (κ3) is 3.31. The highest BCUT2D eigenvalue weighted by molar-refractivity contribution is 9.10. The summed E-state index contributed by atoms with van der Waals surface area (Å²) in [7, 11) is 0. The van der Waals surface area contributed by atoms with E-state index in [-0.39, 0.29) is 18.0 Å². The van der Waals surface area contributed by atoms with Crippen molar-refractivity contribution in [2.45, 2.75) is 44.2 Å². The first-order valence-electron chi connectivity index (χ1n) is 6.45. The summed E-state index contributed by atoms with van der Waals surface area (Å²) in [6, 6.07) is 5.09. The van der Waals surface area contributed by atoms with Gasteiger partial charge in [-0.3, -0.25) is 0 Å². The molecular weight excluding hydrogens is 297 g/mol. The highest BCUT2D eigenvalue weighted by atomic mass is 79.9. The van der Waals surface area contributed by atoms with Crippen LogP contribution >= 0.6 is 15.9 Å². The molecule has 100 valence electrons. The largest absolute Gasteiger partial charge is 0.394 e. The van der Waals surface area contributed by atoms with Gasteiger partial charge < -0.3 is 10.4 Å². The summed E-state index contributed by atoms with van der Waals surface area (Å²) in [4.78, 5) is 0. The fourth-order valence-corrected chi connectivity index (χ4v) is 2.90. The van der Waals surface area contributed by atoms with E-state index in [1.165, 1.54) is 12.5 Å². The molecule has 4 heteroatoms. The SMILES string of the molecule is OCC1(NCc2ccc(Br)cc2F)CCCCC1. The van der Waals surface area contributed by atoms with Crippen molar-refractivity contribution in [1.29, 1.82) is 0 Å². The number of rotatable bonds is 4. The zero-order valence-electron chi connectivity index (χ0n) is 10.4. The minimum Gasteiger partial charge on any atom is -0.394 e. The number of benzene rings is 1. The van der Waals surface area contributed by atoms with Gasteiger partial charge in [0.25, 0.3) is 0 Å². The van der Waals surface area contributed by atoms with Crippen molar-refractivity contribution in [2.24, 2.45) is 0 Å². The second kappa shape index (κ2) is 6.13. The molecule has 0 heterocycles. The number of nitrogens with one attached hydrogen (secondary N) is 1. The first-order chi connectivity index (χ1) is 8.65. The lowest BCUT2D eigenvalue weighted by Gasteiger charge is -2.36. The Bertz CT molecular complexity index is 405. The van der Waals surface area contributed by atoms with Gasteiger partial charge >= 0.3 is 0 Å². The Morgan fingerprint density at radius 2 is 2.00 bits per heavy atom. The smallest absolute Gasteiger partial charge is 0.128 e. The van der Waals surface area contributed by atoms with Crippen molar-refractivity contribution in [1.82, 2.24) is 5.32 Å². The van der Waals surface area contributed by atoms with Crippen molar-refractivity contribution >= 4 is 15.9 Å². The molecule has 0 saturated heterocycles. The summed E-state index contributed by atoms with van der Waals surface area (Å²) in [6.07, 6.45) is 5.45. The van der Waals surface area contributed by atoms with Crippen molar-refractivity contribution in [3.8, 4) is 0 Å². The van der Waals surface area contributed by atoms with Gasteiger partial charge in [0.05, 0.1) is 6.61 Å². The van der Waals surface area contributed by atoms with Crippen molar-refractivity contribution < 1.29 is 9.50 Å². The molecule has 1 aromatic carbocycles. The lowest BCUT2D eigenvalue weighted by atomic mass is 9.82. The summed E-state index contributed by atoms with van der Waals surface area (Å²) in [6.45, 7) is 0.602. The van der Waals surface area contributed by atoms with Gasteiger partial charge in [0.15, 0.2) is 0 Å². The van der Waals surface area contributed by atoms with Gasteiger partial charge in [-0.25, -0.2) is 4.39 Å². The van der Waals surface area contributed by atoms with Crippen molar-refractivity contribution in [3.63, 3.8) is 0 Å². The average molecular weight is 316 g/mol. The molecule has 18 heavy (non-hydrogen) atoms. The van der Waals surface area contributed by atoms with Crippen LogP contribution in [0.1, 0.15) is 37.7 Å². The first kappa shape index (κ1) is 14.0. The van der Waals surface area contributed by atoms with E-state index in [4.69, 9.17) is 0 Å². The van der Waals surface area contributed by atoms with Crippen LogP contribution in [0.25, 0.3) is 0 Å². The highest BCUT2D eigenvalue weighted by Gasteiger charge is 2.30. The van der Waals surface area contributed by atoms with Crippen LogP contribution in [0, 0.1) is 5.82 Å². The predicted octanol–water partition coefficient (Wildman–Crippen LogP) is 3.37. The summed E-state index contributed by atoms with van der Waals surface area (Å²) in [5, 5.41) is 12.9. The molecule has 2 nitrogen and oxygen atoms in total. The van der Waals surface area contributed by atoms with E-state index in [9.17, 15) is 9.50 Å². The van der Waals surface area contributed by atoms with Crippen LogP contribution in [-0.2, 0) is 6.54 Å². The van der Waals surface area contributed by atoms with Crippen LogP contribution in [0.15, 0.2) is 22.7 Å². The minimum absolute atomic E-state index is 0.130. The lowest BCUT2D eigenvalue weighted by molar-refractivity contribution is 0.119. The molecule has 2 N–H and O–H groups in total. The molecule has 0 bridgehead atoms. The average Bonchev–Trinajstić information content (AvgIpc) is 2.39. The molecule has 1 fully saturated rings. The molecule has 1 aliphatic rings. The van der Waals surface area contributed by atoms with Crippen LogP contribution in [0.4, 0.5) is 4.39 Å². The Labute approximate surface area is 116 Å². The summed E-state index contributed by atoms with van der Waals surface area (Å²) < 4.78 is 14.4. The summed E-state index contributed by atoms with van der Waals surface area (Å²) in [5.41, 5.74) is 0.439. The normalized spacial score (nSPS) is 18.8. The maximum Gasteiger partial charge on any atom is 0.128 e. The Hall–Kier alpha value is -0.450. The van der Waals surface area contributed by atoms with E-state index >= 15 is 0 Å². The fourth-order valence-electron chi connectivity index (χ4n) is 2.57. The second-order valence-electron chi connectivity index (χ2n) is 5.09. The lowest BCUT2D eigenvalue weighted by Crippen LogP contribution is -2.49. The fraction of sp³-hybridized carbons (Fsp3) is 0.571. The molecular formula is C14H19BrFNO. The summed E-state index contributed by atoms with van der Waals surface area (Å²) >= 11 is 3.25. The number of aliphatic hydroxyl groups excluding tert-OH is 1. The number of halogens is 2. The molecule has 2 rings (SSSR count). The Morgan fingerprint density at radius 3 is 2.61 bits per heavy atom. The molecule has 0 amide bonds. The Balaban J connectivity index is 2.01. The molecule has 0 spiro atoms. The van der Waals surface area contributed by atoms with Gasteiger partial charge in [-0.15, -0.1) is 0 Å². The Morgan fingerprint density at radius 1 is 1.28 bits per heavy atom. The van der Waals surface area contributed by atoms with Gasteiger partial charge in [0, 0.05) is 22.1 Å². The third-order valence-corrected chi connectivity index (χ3v) is 4.28. The Kier molecular flexibility index (Phi) is 4.76. The minimum atomic E-state index is -0.211. The van der Waals surface area contributed by atoms with Gasteiger partial charge in [-0.2, -0.15) is 0 Å². The predicted molar refractivity (Wildman–Crippen MR) is 73.8 cm³/mol. The van der Waals surface area contributed by atoms with E-state index < -0.39 is 0 Å². The zero-order valence-corrected chi connectivity index (χ0v) is 12.0. The second-order valence-corrected chi connectivity index (χ2v) is 6.00. The molecule has 0 atom stereocenters. The molecule has 0 aromatic heterocycles. The molecule has 0 aliphatic heterocycles. The van der Waals surface area contributed by atoms with Crippen LogP contribution in [0.2, 0.25) is 0 Å². The first-order valence-corrected chi connectivity index (χ1v) is 7.24. The maximum absolute atomic E-state index is 13.7. The van der Waals surface area contributed by atoms with Crippen LogP contribution < -0.4 is 5.32 Å². The number of hydrogen-bond acceptors (Lipinski definition) is 2. The molecule has 1 saturated carbocycles. The molecule has 0 radical (unpaired) electrons. The van der Waals surface area contributed by atoms with E-state index in [1.807, 2.05) is 6.07 Å². The standard InChI is InChI=1S/C14H19BrFNO/c15-12-5-4-11(13(16)8-12)9-17-14(10-18)6-2-1-3-7-14/h4-5,8,17-18H,1-3,6-7,9-10H2. The van der Waals surface area contributed by atoms with Crippen LogP contribution in [-0.4, -0.2) is 17.3 Å². The summed E-state index contributed by atoms with van der Waals surface area (Å²) in [5.74, 6) is -0.208. The molecule has 0 unspecified atom stereocenters. The van der Waals surface area contributed by atoms with Gasteiger partial charge in [-0.1, -0.05) is 41.3 Å². The van der Waals surface area contributed by atoms with Gasteiger partial charge in [0.1, 0.15) is 5.82 Å². The van der Waals surface area contributed by atoms with Gasteiger partial charge in [0.2, 0.25) is 0 Å². The zero-order chi connectivity index (χ0) is 13.0. The topological polar surface area (TPSA) is 32.3 Å². The molecule has 1 aromatic rings. The van der Waals surface area contributed by atoms with Crippen molar-refractivity contribution in [2.75, 3.05) is 6.61 Å². The van der Waals surface area contributed by atoms with Crippen molar-refractivity contribution in [3.05, 3.63) is 34.1 Å². The maximum atomic E-state index is 13.7. The van der Waals surface area contributed by atoms with Gasteiger partial charge in [-0.05, 0) is 25.0 Å². The number of hydrogen-bond donors (Lipinski definition) is 2. The van der Waals surface area contributed by atoms with E-state index in [1.54, 1.807) is 6.07 Å². The van der Waals surface area contributed by atoms with E-state index in [2.05, 4.69) is 21.2 Å². The van der Waals surface area contributed by atoms with Crippen LogP contribution in [0.3, 0.4) is 0 Å². The van der Waals surface area contributed by atoms with E-state index in [0.717, 1.165) is 30.2 Å². The van der Waals surface area contributed by atoms with E-state index in [0.29, 0.717) is 12.1 Å². The third-order valence-electron chi connectivity index (χ3n) is 3.78. The number of aliphatic hydroxyl groups is 1. The molecule has 1 aliphatic carbocycles. The highest BCUT2D eigenvalue weighted by Crippen LogP contribution is 2.28. The monoisotopic (exact) mass is 315 g/mol.